The minimum atomic E-state index is -0.178. The molecule has 3 aromatic rings. The molecule has 1 aromatic heterocycles. The molecule has 0 aliphatic heterocycles. The third kappa shape index (κ3) is 4.37. The molecule has 3 rings (SSSR count). The van der Waals surface area contributed by atoms with E-state index in [-0.39, 0.29) is 17.5 Å². The number of aryl methyl sites for hydroxylation is 1. The van der Waals surface area contributed by atoms with Crippen LogP contribution in [0.4, 0.5) is 0 Å². The molecule has 0 saturated heterocycles. The van der Waals surface area contributed by atoms with Crippen LogP contribution in [0.15, 0.2) is 53.6 Å². The lowest BCUT2D eigenvalue weighted by Crippen LogP contribution is -2.30. The number of carbonyl (C=O) groups excluding carboxylic acids is 1. The fraction of sp³-hybridized carbons (Fsp3) is 0.286. The first-order valence-electron chi connectivity index (χ1n) is 9.03. The van der Waals surface area contributed by atoms with Gasteiger partial charge in [-0.2, -0.15) is 0 Å². The molecule has 5 nitrogen and oxygen atoms in total. The van der Waals surface area contributed by atoms with Crippen molar-refractivity contribution in [3.8, 4) is 0 Å². The summed E-state index contributed by atoms with van der Waals surface area (Å²) in [6, 6.07) is 12.3. The third-order valence-corrected chi connectivity index (χ3v) is 5.47. The van der Waals surface area contributed by atoms with Crippen molar-refractivity contribution in [2.45, 2.75) is 32.4 Å². The summed E-state index contributed by atoms with van der Waals surface area (Å²) in [5, 5.41) is 1.68. The fourth-order valence-electron chi connectivity index (χ4n) is 3.11. The number of nitrogens with zero attached hydrogens (tertiary/aromatic N) is 3. The van der Waals surface area contributed by atoms with Crippen molar-refractivity contribution >= 4 is 40.0 Å². The van der Waals surface area contributed by atoms with Gasteiger partial charge < -0.3 is 4.90 Å². The van der Waals surface area contributed by atoms with Crippen LogP contribution in [-0.2, 0) is 11.3 Å². The standard InChI is InChI=1S/C21H21Cl2N3O2/c1-14(16-10-9-15(22)12-18(16)23)25(2)20(27)8-5-11-26-13-24-19-7-4-3-6-17(19)21(26)28/h3-4,6-7,9-10,12-14H,5,8,11H2,1-2H3. The Morgan fingerprint density at radius 3 is 2.71 bits per heavy atom. The molecule has 0 aliphatic carbocycles. The fourth-order valence-corrected chi connectivity index (χ4v) is 3.67. The van der Waals surface area contributed by atoms with Gasteiger partial charge in [-0.25, -0.2) is 4.98 Å². The summed E-state index contributed by atoms with van der Waals surface area (Å²) in [5.74, 6) is -0.0136. The van der Waals surface area contributed by atoms with E-state index in [1.54, 1.807) is 34.7 Å². The summed E-state index contributed by atoms with van der Waals surface area (Å²) >= 11 is 12.2. The van der Waals surface area contributed by atoms with E-state index in [0.29, 0.717) is 40.3 Å². The highest BCUT2D eigenvalue weighted by atomic mass is 35.5. The minimum Gasteiger partial charge on any atom is -0.339 e. The van der Waals surface area contributed by atoms with Crippen LogP contribution in [-0.4, -0.2) is 27.4 Å². The van der Waals surface area contributed by atoms with Gasteiger partial charge in [-0.15, -0.1) is 0 Å². The van der Waals surface area contributed by atoms with E-state index in [4.69, 9.17) is 23.2 Å². The van der Waals surface area contributed by atoms with Gasteiger partial charge in [0.2, 0.25) is 5.91 Å². The quantitative estimate of drug-likeness (QED) is 0.583. The van der Waals surface area contributed by atoms with Crippen LogP contribution >= 0.6 is 23.2 Å². The van der Waals surface area contributed by atoms with Crippen molar-refractivity contribution in [3.05, 3.63) is 74.8 Å². The number of amides is 1. The zero-order chi connectivity index (χ0) is 20.3. The molecule has 0 saturated carbocycles. The first-order valence-corrected chi connectivity index (χ1v) is 9.79. The average molecular weight is 418 g/mol. The topological polar surface area (TPSA) is 55.2 Å². The Hall–Kier alpha value is -2.37. The number of hydrogen-bond donors (Lipinski definition) is 0. The molecule has 0 spiro atoms. The maximum Gasteiger partial charge on any atom is 0.261 e. The molecule has 1 unspecified atom stereocenters. The van der Waals surface area contributed by atoms with Crippen molar-refractivity contribution < 1.29 is 4.79 Å². The smallest absolute Gasteiger partial charge is 0.261 e. The molecule has 0 aliphatic rings. The van der Waals surface area contributed by atoms with Crippen molar-refractivity contribution in [1.82, 2.24) is 14.5 Å². The Morgan fingerprint density at radius 2 is 1.96 bits per heavy atom. The Balaban J connectivity index is 1.62. The first-order chi connectivity index (χ1) is 13.4. The lowest BCUT2D eigenvalue weighted by Gasteiger charge is -2.26. The minimum absolute atomic E-state index is 0.0136. The lowest BCUT2D eigenvalue weighted by atomic mass is 10.1. The number of aromatic nitrogens is 2. The number of rotatable bonds is 6. The number of hydrogen-bond acceptors (Lipinski definition) is 3. The Bertz CT molecular complexity index is 1060. The van der Waals surface area contributed by atoms with E-state index in [0.717, 1.165) is 5.56 Å². The molecule has 2 aromatic carbocycles. The largest absolute Gasteiger partial charge is 0.339 e. The molecule has 146 valence electrons. The monoisotopic (exact) mass is 417 g/mol. The van der Waals surface area contributed by atoms with Gasteiger partial charge >= 0.3 is 0 Å². The molecular formula is C21H21Cl2N3O2. The number of fused-ring (bicyclic) bond motifs is 1. The summed E-state index contributed by atoms with van der Waals surface area (Å²) in [6.45, 7) is 2.36. The molecule has 0 radical (unpaired) electrons. The SMILES string of the molecule is CC(c1ccc(Cl)cc1Cl)N(C)C(=O)CCCn1cnc2ccccc2c1=O. The zero-order valence-corrected chi connectivity index (χ0v) is 17.2. The summed E-state index contributed by atoms with van der Waals surface area (Å²) in [4.78, 5) is 31.0. The normalized spacial score (nSPS) is 12.1. The van der Waals surface area contributed by atoms with Gasteiger partial charge in [-0.3, -0.25) is 14.2 Å². The predicted molar refractivity (Wildman–Crippen MR) is 113 cm³/mol. The molecule has 1 amide bonds. The molecule has 7 heteroatoms. The molecule has 1 atom stereocenters. The van der Waals surface area contributed by atoms with E-state index in [9.17, 15) is 9.59 Å². The van der Waals surface area contributed by atoms with Gasteiger partial charge in [0.15, 0.2) is 0 Å². The van der Waals surface area contributed by atoms with E-state index < -0.39 is 0 Å². The highest BCUT2D eigenvalue weighted by Crippen LogP contribution is 2.29. The summed E-state index contributed by atoms with van der Waals surface area (Å²) < 4.78 is 1.55. The van der Waals surface area contributed by atoms with Crippen LogP contribution in [0.3, 0.4) is 0 Å². The summed E-state index contributed by atoms with van der Waals surface area (Å²) in [5.41, 5.74) is 1.43. The van der Waals surface area contributed by atoms with Crippen LogP contribution < -0.4 is 5.56 Å². The van der Waals surface area contributed by atoms with Crippen LogP contribution in [0.5, 0.6) is 0 Å². The Kier molecular flexibility index (Phi) is 6.37. The number of halogens is 2. The molecule has 0 fully saturated rings. The van der Waals surface area contributed by atoms with Gasteiger partial charge in [0, 0.05) is 30.1 Å². The van der Waals surface area contributed by atoms with Crippen molar-refractivity contribution in [1.29, 1.82) is 0 Å². The average Bonchev–Trinajstić information content (AvgIpc) is 2.68. The van der Waals surface area contributed by atoms with Gasteiger partial charge in [0.25, 0.3) is 5.56 Å². The maximum absolute atomic E-state index is 12.6. The second-order valence-corrected chi connectivity index (χ2v) is 7.55. The summed E-state index contributed by atoms with van der Waals surface area (Å²) in [6.07, 6.45) is 2.41. The molecule has 0 bridgehead atoms. The first kappa shape index (κ1) is 20.4. The second kappa shape index (κ2) is 8.76. The molecule has 1 heterocycles. The number of para-hydroxylation sites is 1. The maximum atomic E-state index is 12.6. The second-order valence-electron chi connectivity index (χ2n) is 6.71. The van der Waals surface area contributed by atoms with Crippen LogP contribution in [0.2, 0.25) is 10.0 Å². The highest BCUT2D eigenvalue weighted by molar-refractivity contribution is 6.35. The Morgan fingerprint density at radius 1 is 1.21 bits per heavy atom. The van der Waals surface area contributed by atoms with Gasteiger partial charge in [0.1, 0.15) is 0 Å². The number of carbonyl (C=O) groups is 1. The molecular weight excluding hydrogens is 397 g/mol. The van der Waals surface area contributed by atoms with Gasteiger partial charge in [-0.05, 0) is 43.2 Å². The highest BCUT2D eigenvalue weighted by Gasteiger charge is 2.19. The summed E-state index contributed by atoms with van der Waals surface area (Å²) in [7, 11) is 1.75. The van der Waals surface area contributed by atoms with Crippen molar-refractivity contribution in [2.75, 3.05) is 7.05 Å². The molecule has 28 heavy (non-hydrogen) atoms. The van der Waals surface area contributed by atoms with Gasteiger partial charge in [-0.1, -0.05) is 41.4 Å². The van der Waals surface area contributed by atoms with E-state index in [1.165, 1.54) is 6.33 Å². The van der Waals surface area contributed by atoms with E-state index >= 15 is 0 Å². The van der Waals surface area contributed by atoms with Crippen molar-refractivity contribution in [2.24, 2.45) is 0 Å². The van der Waals surface area contributed by atoms with E-state index in [2.05, 4.69) is 4.98 Å². The van der Waals surface area contributed by atoms with Crippen LogP contribution in [0, 0.1) is 0 Å². The third-order valence-electron chi connectivity index (χ3n) is 4.91. The van der Waals surface area contributed by atoms with Crippen LogP contribution in [0.25, 0.3) is 10.9 Å². The lowest BCUT2D eigenvalue weighted by molar-refractivity contribution is -0.131. The zero-order valence-electron chi connectivity index (χ0n) is 15.7. The number of benzene rings is 2. The van der Waals surface area contributed by atoms with Gasteiger partial charge in [0.05, 0.1) is 23.3 Å². The van der Waals surface area contributed by atoms with E-state index in [1.807, 2.05) is 31.2 Å². The van der Waals surface area contributed by atoms with Crippen molar-refractivity contribution in [3.63, 3.8) is 0 Å². The van der Waals surface area contributed by atoms with Crippen LogP contribution in [0.1, 0.15) is 31.4 Å². The molecule has 0 N–H and O–H groups in total. The predicted octanol–water partition coefficient (Wildman–Crippen LogP) is 4.70. The Labute approximate surface area is 173 Å².